The van der Waals surface area contributed by atoms with Crippen molar-refractivity contribution >= 4 is 71.3 Å². The highest BCUT2D eigenvalue weighted by molar-refractivity contribution is 6.12. The molecule has 262 valence electrons. The van der Waals surface area contributed by atoms with Gasteiger partial charge in [0.1, 0.15) is 11.2 Å². The van der Waals surface area contributed by atoms with Crippen molar-refractivity contribution in [2.24, 2.45) is 0 Å². The van der Waals surface area contributed by atoms with Crippen LogP contribution in [0.2, 0.25) is 0 Å². The van der Waals surface area contributed by atoms with Crippen LogP contribution in [0, 0.1) is 0 Å². The summed E-state index contributed by atoms with van der Waals surface area (Å²) in [6.07, 6.45) is 0. The summed E-state index contributed by atoms with van der Waals surface area (Å²) in [5, 5.41) is 9.59. The maximum atomic E-state index is 6.46. The Morgan fingerprint density at radius 1 is 0.304 bits per heavy atom. The van der Waals surface area contributed by atoms with Crippen molar-refractivity contribution in [2.45, 2.75) is 0 Å². The van der Waals surface area contributed by atoms with E-state index in [9.17, 15) is 0 Å². The molecule has 1 aromatic heterocycles. The third-order valence-corrected chi connectivity index (χ3v) is 11.3. The van der Waals surface area contributed by atoms with Crippen LogP contribution >= 0.6 is 0 Å². The zero-order chi connectivity index (χ0) is 37.0. The zero-order valence-corrected chi connectivity index (χ0v) is 30.6. The van der Waals surface area contributed by atoms with Crippen LogP contribution < -0.4 is 4.90 Å². The van der Waals surface area contributed by atoms with Gasteiger partial charge < -0.3 is 9.32 Å². The minimum Gasteiger partial charge on any atom is -0.456 e. The molecular weight excluding hydrogens is 679 g/mol. The molecule has 2 nitrogen and oxygen atoms in total. The van der Waals surface area contributed by atoms with Gasteiger partial charge in [0.25, 0.3) is 0 Å². The highest BCUT2D eigenvalue weighted by atomic mass is 16.3. The molecule has 0 fully saturated rings. The van der Waals surface area contributed by atoms with Crippen molar-refractivity contribution in [2.75, 3.05) is 4.90 Å². The molecule has 0 unspecified atom stereocenters. The van der Waals surface area contributed by atoms with Crippen LogP contribution in [0.25, 0.3) is 87.6 Å². The molecule has 0 amide bonds. The van der Waals surface area contributed by atoms with Crippen molar-refractivity contribution in [3.8, 4) is 33.4 Å². The van der Waals surface area contributed by atoms with E-state index >= 15 is 0 Å². The Hall–Kier alpha value is -7.42. The summed E-state index contributed by atoms with van der Waals surface area (Å²) in [5.74, 6) is 0. The molecule has 0 saturated heterocycles. The lowest BCUT2D eigenvalue weighted by atomic mass is 9.91. The van der Waals surface area contributed by atoms with E-state index in [1.165, 1.54) is 65.7 Å². The lowest BCUT2D eigenvalue weighted by Crippen LogP contribution is -2.10. The van der Waals surface area contributed by atoms with E-state index in [1.807, 2.05) is 12.1 Å². The van der Waals surface area contributed by atoms with Gasteiger partial charge in [0, 0.05) is 33.6 Å². The Morgan fingerprint density at radius 3 is 1.64 bits per heavy atom. The summed E-state index contributed by atoms with van der Waals surface area (Å²) in [7, 11) is 0. The van der Waals surface area contributed by atoms with Crippen molar-refractivity contribution < 1.29 is 4.42 Å². The van der Waals surface area contributed by atoms with Gasteiger partial charge in [-0.3, -0.25) is 0 Å². The summed E-state index contributed by atoms with van der Waals surface area (Å²) in [6.45, 7) is 0. The van der Waals surface area contributed by atoms with Crippen LogP contribution in [0.5, 0.6) is 0 Å². The number of para-hydroxylation sites is 1. The van der Waals surface area contributed by atoms with E-state index in [0.717, 1.165) is 39.0 Å². The van der Waals surface area contributed by atoms with Gasteiger partial charge in [-0.05, 0) is 96.7 Å². The minimum atomic E-state index is 0.867. The molecule has 0 N–H and O–H groups in total. The van der Waals surface area contributed by atoms with E-state index in [2.05, 4.69) is 205 Å². The van der Waals surface area contributed by atoms with Gasteiger partial charge in [-0.2, -0.15) is 0 Å². The van der Waals surface area contributed by atoms with Gasteiger partial charge in [0.2, 0.25) is 0 Å². The first kappa shape index (κ1) is 32.0. The average molecular weight is 714 g/mol. The molecule has 0 radical (unpaired) electrons. The van der Waals surface area contributed by atoms with Gasteiger partial charge in [0.15, 0.2) is 0 Å². The summed E-state index contributed by atoms with van der Waals surface area (Å²) in [5.41, 5.74) is 12.3. The predicted octanol–water partition coefficient (Wildman–Crippen LogP) is 15.5. The first-order chi connectivity index (χ1) is 27.8. The quantitative estimate of drug-likeness (QED) is 0.171. The Kier molecular flexibility index (Phi) is 7.53. The third kappa shape index (κ3) is 5.26. The molecule has 0 aliphatic rings. The van der Waals surface area contributed by atoms with Gasteiger partial charge in [-0.15, -0.1) is 0 Å². The number of nitrogens with zero attached hydrogens (tertiary/aromatic N) is 1. The van der Waals surface area contributed by atoms with E-state index in [-0.39, 0.29) is 0 Å². The zero-order valence-electron chi connectivity index (χ0n) is 30.6. The molecule has 0 aliphatic carbocycles. The maximum absolute atomic E-state index is 6.46. The fourth-order valence-corrected chi connectivity index (χ4v) is 8.68. The number of hydrogen-bond acceptors (Lipinski definition) is 2. The van der Waals surface area contributed by atoms with Crippen molar-refractivity contribution in [3.05, 3.63) is 212 Å². The number of anilines is 3. The SMILES string of the molecule is c1ccc(-c2cccc3cccc(-c4ccc(N(c5ccc6c(c5)oc5ccccc56)c5ccc(-c6cccc7ccccc67)c6ccccc56)cc4)c23)cc1. The van der Waals surface area contributed by atoms with Crippen LogP contribution in [-0.4, -0.2) is 0 Å². The smallest absolute Gasteiger partial charge is 0.137 e. The second kappa shape index (κ2) is 13.2. The van der Waals surface area contributed by atoms with E-state index in [1.54, 1.807) is 0 Å². The molecule has 0 aliphatic heterocycles. The van der Waals surface area contributed by atoms with Crippen molar-refractivity contribution in [3.63, 3.8) is 0 Å². The average Bonchev–Trinajstić information content (AvgIpc) is 3.64. The fourth-order valence-electron chi connectivity index (χ4n) is 8.68. The Morgan fingerprint density at radius 2 is 0.857 bits per heavy atom. The molecule has 0 atom stereocenters. The maximum Gasteiger partial charge on any atom is 0.137 e. The Balaban J connectivity index is 1.10. The molecular formula is C54H35NO. The highest BCUT2D eigenvalue weighted by Gasteiger charge is 2.20. The van der Waals surface area contributed by atoms with Crippen molar-refractivity contribution in [1.82, 2.24) is 0 Å². The standard InChI is InChI=1S/C54H35NO/c1-2-13-37(14-3-1)43-23-11-17-39-18-12-24-44(54(39)43)38-27-29-40(30-28-38)55(41-31-32-50-49-22-8-9-26-52(49)56-53(50)35-41)51-34-33-47(46-20-6-7-21-48(46)51)45-25-10-16-36-15-4-5-19-42(36)45/h1-35H. The number of benzene rings is 10. The summed E-state index contributed by atoms with van der Waals surface area (Å²) in [6, 6.07) is 76.5. The number of hydrogen-bond donors (Lipinski definition) is 0. The first-order valence-electron chi connectivity index (χ1n) is 19.2. The van der Waals surface area contributed by atoms with E-state index < -0.39 is 0 Å². The number of fused-ring (bicyclic) bond motifs is 6. The van der Waals surface area contributed by atoms with Gasteiger partial charge >= 0.3 is 0 Å². The lowest BCUT2D eigenvalue weighted by Gasteiger charge is -2.28. The van der Waals surface area contributed by atoms with Crippen molar-refractivity contribution in [1.29, 1.82) is 0 Å². The number of rotatable bonds is 6. The van der Waals surface area contributed by atoms with E-state index in [0.29, 0.717) is 0 Å². The monoisotopic (exact) mass is 713 g/mol. The summed E-state index contributed by atoms with van der Waals surface area (Å²) >= 11 is 0. The number of furan rings is 1. The van der Waals surface area contributed by atoms with Gasteiger partial charge in [0.05, 0.1) is 5.69 Å². The predicted molar refractivity (Wildman–Crippen MR) is 237 cm³/mol. The molecule has 0 saturated carbocycles. The van der Waals surface area contributed by atoms with Crippen LogP contribution in [0.15, 0.2) is 217 Å². The third-order valence-electron chi connectivity index (χ3n) is 11.3. The lowest BCUT2D eigenvalue weighted by molar-refractivity contribution is 0.669. The molecule has 1 heterocycles. The molecule has 11 aromatic rings. The summed E-state index contributed by atoms with van der Waals surface area (Å²) < 4.78 is 6.46. The second-order valence-corrected chi connectivity index (χ2v) is 14.4. The molecule has 10 aromatic carbocycles. The second-order valence-electron chi connectivity index (χ2n) is 14.4. The van der Waals surface area contributed by atoms with E-state index in [4.69, 9.17) is 4.42 Å². The molecule has 0 bridgehead atoms. The largest absolute Gasteiger partial charge is 0.456 e. The van der Waals surface area contributed by atoms with Crippen LogP contribution in [0.4, 0.5) is 17.1 Å². The molecule has 0 spiro atoms. The molecule has 56 heavy (non-hydrogen) atoms. The van der Waals surface area contributed by atoms with Gasteiger partial charge in [-0.25, -0.2) is 0 Å². The molecule has 2 heteroatoms. The first-order valence-corrected chi connectivity index (χ1v) is 19.2. The highest BCUT2D eigenvalue weighted by Crippen LogP contribution is 2.45. The fraction of sp³-hybridized carbons (Fsp3) is 0. The Bertz CT molecular complexity index is 3240. The normalized spacial score (nSPS) is 11.6. The van der Waals surface area contributed by atoms with Crippen LogP contribution in [-0.2, 0) is 0 Å². The minimum absolute atomic E-state index is 0.867. The van der Waals surface area contributed by atoms with Gasteiger partial charge in [-0.1, -0.05) is 170 Å². The van der Waals surface area contributed by atoms with Crippen LogP contribution in [0.3, 0.4) is 0 Å². The van der Waals surface area contributed by atoms with Crippen LogP contribution in [0.1, 0.15) is 0 Å². The molecule has 11 rings (SSSR count). The topological polar surface area (TPSA) is 16.4 Å². The Labute approximate surface area is 325 Å². The summed E-state index contributed by atoms with van der Waals surface area (Å²) in [4.78, 5) is 2.38.